The van der Waals surface area contributed by atoms with Crippen molar-refractivity contribution in [2.45, 2.75) is 19.0 Å². The number of carbonyl (C=O) groups excluding carboxylic acids is 3. The first-order valence-corrected chi connectivity index (χ1v) is 8.26. The first-order valence-electron chi connectivity index (χ1n) is 7.11. The van der Waals surface area contributed by atoms with E-state index in [0.717, 1.165) is 11.3 Å². The van der Waals surface area contributed by atoms with Gasteiger partial charge in [-0.25, -0.2) is 0 Å². The third-order valence-electron chi connectivity index (χ3n) is 3.77. The summed E-state index contributed by atoms with van der Waals surface area (Å²) in [6.45, 7) is 0.595. The zero-order chi connectivity index (χ0) is 15.7. The average Bonchev–Trinajstić information content (AvgIpc) is 2.66. The second-order valence-corrected chi connectivity index (χ2v) is 6.62. The van der Waals surface area contributed by atoms with E-state index in [1.54, 1.807) is 35.8 Å². The molecule has 2 heterocycles. The van der Waals surface area contributed by atoms with E-state index in [0.29, 0.717) is 30.0 Å². The molecule has 22 heavy (non-hydrogen) atoms. The largest absolute Gasteiger partial charge is 0.343 e. The van der Waals surface area contributed by atoms with Crippen LogP contribution in [0.15, 0.2) is 18.2 Å². The zero-order valence-electron chi connectivity index (χ0n) is 12.2. The SMILES string of the molecule is CN1Cc2ccc(NC(=O)[C@@H]3CSCCC(=O)N3)cc2C1=O. The Morgan fingerprint density at radius 2 is 2.23 bits per heavy atom. The number of carbonyl (C=O) groups is 3. The number of nitrogens with one attached hydrogen (secondary N) is 2. The van der Waals surface area contributed by atoms with Crippen molar-refractivity contribution >= 4 is 35.2 Å². The van der Waals surface area contributed by atoms with Crippen LogP contribution in [-0.4, -0.2) is 47.2 Å². The van der Waals surface area contributed by atoms with Gasteiger partial charge in [0.15, 0.2) is 0 Å². The second-order valence-electron chi connectivity index (χ2n) is 5.47. The van der Waals surface area contributed by atoms with Crippen LogP contribution >= 0.6 is 11.8 Å². The van der Waals surface area contributed by atoms with E-state index in [-0.39, 0.29) is 17.7 Å². The molecule has 3 rings (SSSR count). The topological polar surface area (TPSA) is 78.5 Å². The molecule has 0 unspecified atom stereocenters. The lowest BCUT2D eigenvalue weighted by Gasteiger charge is -2.15. The maximum atomic E-state index is 12.3. The molecule has 1 aromatic carbocycles. The van der Waals surface area contributed by atoms with Gasteiger partial charge in [-0.1, -0.05) is 6.07 Å². The molecule has 116 valence electrons. The van der Waals surface area contributed by atoms with Crippen LogP contribution in [0.1, 0.15) is 22.3 Å². The molecule has 0 saturated carbocycles. The molecule has 2 aliphatic heterocycles. The molecular weight excluding hydrogens is 302 g/mol. The smallest absolute Gasteiger partial charge is 0.254 e. The first kappa shape index (κ1) is 14.9. The monoisotopic (exact) mass is 319 g/mol. The molecule has 0 aromatic heterocycles. The van der Waals surface area contributed by atoms with Gasteiger partial charge < -0.3 is 15.5 Å². The summed E-state index contributed by atoms with van der Waals surface area (Å²) < 4.78 is 0. The molecule has 1 atom stereocenters. The summed E-state index contributed by atoms with van der Waals surface area (Å²) in [5.74, 6) is 0.904. The molecule has 7 heteroatoms. The maximum absolute atomic E-state index is 12.3. The van der Waals surface area contributed by atoms with Crippen LogP contribution in [0.3, 0.4) is 0 Å². The number of hydrogen-bond acceptors (Lipinski definition) is 4. The zero-order valence-corrected chi connectivity index (χ0v) is 13.0. The van der Waals surface area contributed by atoms with Crippen molar-refractivity contribution in [2.75, 3.05) is 23.9 Å². The quantitative estimate of drug-likeness (QED) is 0.846. The van der Waals surface area contributed by atoms with Crippen molar-refractivity contribution in [3.63, 3.8) is 0 Å². The van der Waals surface area contributed by atoms with Crippen LogP contribution in [0.25, 0.3) is 0 Å². The Balaban J connectivity index is 1.72. The van der Waals surface area contributed by atoms with Crippen molar-refractivity contribution < 1.29 is 14.4 Å². The standard InChI is InChI=1S/C15H17N3O3S/c1-18-7-9-2-3-10(6-11(9)15(18)21)16-14(20)12-8-22-5-4-13(19)17-12/h2-3,6,12H,4-5,7-8H2,1H3,(H,16,20)(H,17,19)/t12-/m0/s1. The van der Waals surface area contributed by atoms with Gasteiger partial charge >= 0.3 is 0 Å². The lowest BCUT2D eigenvalue weighted by Crippen LogP contribution is -2.44. The highest BCUT2D eigenvalue weighted by molar-refractivity contribution is 7.99. The highest BCUT2D eigenvalue weighted by Gasteiger charge is 2.26. The third kappa shape index (κ3) is 2.94. The molecule has 0 spiro atoms. The van der Waals surface area contributed by atoms with Gasteiger partial charge in [0, 0.05) is 42.8 Å². The minimum Gasteiger partial charge on any atom is -0.343 e. The summed E-state index contributed by atoms with van der Waals surface area (Å²) in [7, 11) is 1.75. The number of amides is 3. The Morgan fingerprint density at radius 3 is 3.05 bits per heavy atom. The summed E-state index contributed by atoms with van der Waals surface area (Å²) in [4.78, 5) is 37.4. The number of benzene rings is 1. The lowest BCUT2D eigenvalue weighted by atomic mass is 10.1. The molecule has 0 bridgehead atoms. The van der Waals surface area contributed by atoms with Crippen molar-refractivity contribution in [3.8, 4) is 0 Å². The summed E-state index contributed by atoms with van der Waals surface area (Å²) in [5, 5.41) is 5.51. The Morgan fingerprint density at radius 1 is 1.41 bits per heavy atom. The fourth-order valence-corrected chi connectivity index (χ4v) is 3.54. The van der Waals surface area contributed by atoms with E-state index in [2.05, 4.69) is 10.6 Å². The predicted molar refractivity (Wildman–Crippen MR) is 84.7 cm³/mol. The fourth-order valence-electron chi connectivity index (χ4n) is 2.57. The van der Waals surface area contributed by atoms with E-state index >= 15 is 0 Å². The van der Waals surface area contributed by atoms with Crippen molar-refractivity contribution in [1.82, 2.24) is 10.2 Å². The number of anilines is 1. The molecule has 3 amide bonds. The predicted octanol–water partition coefficient (Wildman–Crippen LogP) is 0.832. The van der Waals surface area contributed by atoms with Gasteiger partial charge in [0.2, 0.25) is 11.8 Å². The number of fused-ring (bicyclic) bond motifs is 1. The Kier molecular flexibility index (Phi) is 4.06. The van der Waals surface area contributed by atoms with Gasteiger partial charge in [0.25, 0.3) is 5.91 Å². The minimum absolute atomic E-state index is 0.0376. The summed E-state index contributed by atoms with van der Waals surface area (Å²) >= 11 is 1.58. The second kappa shape index (κ2) is 6.00. The molecular formula is C15H17N3O3S. The van der Waals surface area contributed by atoms with E-state index in [1.165, 1.54) is 0 Å². The van der Waals surface area contributed by atoms with Crippen molar-refractivity contribution in [3.05, 3.63) is 29.3 Å². The third-order valence-corrected chi connectivity index (χ3v) is 4.83. The van der Waals surface area contributed by atoms with Crippen LogP contribution in [-0.2, 0) is 16.1 Å². The molecule has 0 radical (unpaired) electrons. The summed E-state index contributed by atoms with van der Waals surface area (Å²) in [5.41, 5.74) is 2.17. The highest BCUT2D eigenvalue weighted by Crippen LogP contribution is 2.24. The molecule has 0 aliphatic carbocycles. The maximum Gasteiger partial charge on any atom is 0.254 e. The van der Waals surface area contributed by atoms with Gasteiger partial charge in [0.1, 0.15) is 6.04 Å². The Bertz CT molecular complexity index is 647. The van der Waals surface area contributed by atoms with Crippen LogP contribution in [0.5, 0.6) is 0 Å². The fraction of sp³-hybridized carbons (Fsp3) is 0.400. The summed E-state index contributed by atoms with van der Waals surface area (Å²) in [6.07, 6.45) is 0.439. The Hall–Kier alpha value is -2.02. The van der Waals surface area contributed by atoms with Gasteiger partial charge in [-0.05, 0) is 17.7 Å². The first-order chi connectivity index (χ1) is 10.5. The molecule has 2 N–H and O–H groups in total. The molecule has 1 fully saturated rings. The van der Waals surface area contributed by atoms with Crippen LogP contribution in [0.4, 0.5) is 5.69 Å². The number of nitrogens with zero attached hydrogens (tertiary/aromatic N) is 1. The molecule has 6 nitrogen and oxygen atoms in total. The van der Waals surface area contributed by atoms with E-state index in [9.17, 15) is 14.4 Å². The van der Waals surface area contributed by atoms with Crippen molar-refractivity contribution in [2.24, 2.45) is 0 Å². The van der Waals surface area contributed by atoms with Crippen LogP contribution in [0, 0.1) is 0 Å². The average molecular weight is 319 g/mol. The van der Waals surface area contributed by atoms with Crippen LogP contribution < -0.4 is 10.6 Å². The Labute approximate surface area is 132 Å². The molecule has 1 saturated heterocycles. The number of rotatable bonds is 2. The van der Waals surface area contributed by atoms with Gasteiger partial charge in [-0.3, -0.25) is 14.4 Å². The summed E-state index contributed by atoms with van der Waals surface area (Å²) in [6, 6.07) is 4.80. The number of thioether (sulfide) groups is 1. The van der Waals surface area contributed by atoms with E-state index < -0.39 is 6.04 Å². The number of hydrogen-bond donors (Lipinski definition) is 2. The lowest BCUT2D eigenvalue weighted by molar-refractivity contribution is -0.125. The normalized spacial score (nSPS) is 21.1. The molecule has 2 aliphatic rings. The highest BCUT2D eigenvalue weighted by atomic mass is 32.2. The van der Waals surface area contributed by atoms with Gasteiger partial charge in [-0.15, -0.1) is 0 Å². The van der Waals surface area contributed by atoms with Gasteiger partial charge in [-0.2, -0.15) is 11.8 Å². The van der Waals surface area contributed by atoms with E-state index in [4.69, 9.17) is 0 Å². The van der Waals surface area contributed by atoms with E-state index in [1.807, 2.05) is 6.07 Å². The van der Waals surface area contributed by atoms with Crippen molar-refractivity contribution in [1.29, 1.82) is 0 Å². The minimum atomic E-state index is -0.536. The molecule has 1 aromatic rings. The van der Waals surface area contributed by atoms with Crippen LogP contribution in [0.2, 0.25) is 0 Å². The van der Waals surface area contributed by atoms with Gasteiger partial charge in [0.05, 0.1) is 0 Å².